The Bertz CT molecular complexity index is 792. The van der Waals surface area contributed by atoms with Gasteiger partial charge in [-0.3, -0.25) is 0 Å². The number of aliphatic hydroxyl groups is 3. The number of rotatable bonds is 5. The fourth-order valence-corrected chi connectivity index (χ4v) is 7.85. The van der Waals surface area contributed by atoms with Gasteiger partial charge in [-0.25, -0.2) is 8.78 Å². The van der Waals surface area contributed by atoms with Gasteiger partial charge in [-0.2, -0.15) is 0 Å². The molecule has 8 heteroatoms. The summed E-state index contributed by atoms with van der Waals surface area (Å²) < 4.78 is 25.6. The third-order valence-electron chi connectivity index (χ3n) is 9.60. The first-order chi connectivity index (χ1) is 15.0. The molecule has 0 aromatic rings. The van der Waals surface area contributed by atoms with Gasteiger partial charge in [0.05, 0.1) is 30.1 Å². The molecular formula is C24H38F2N2O4. The molecular weight excluding hydrogens is 418 g/mol. The van der Waals surface area contributed by atoms with E-state index in [0.717, 1.165) is 24.8 Å². The Hall–Kier alpha value is -1.09. The Morgan fingerprint density at radius 1 is 1.19 bits per heavy atom. The Balaban J connectivity index is 1.72. The molecule has 0 spiro atoms. The molecule has 4 aliphatic rings. The lowest BCUT2D eigenvalue weighted by molar-refractivity contribution is -0.121. The molecule has 4 aliphatic carbocycles. The molecule has 182 valence electrons. The zero-order chi connectivity index (χ0) is 23.5. The molecule has 6 nitrogen and oxygen atoms in total. The van der Waals surface area contributed by atoms with E-state index in [1.165, 1.54) is 7.11 Å². The molecule has 32 heavy (non-hydrogen) atoms. The zero-order valence-corrected chi connectivity index (χ0v) is 19.5. The summed E-state index contributed by atoms with van der Waals surface area (Å²) >= 11 is 0. The van der Waals surface area contributed by atoms with E-state index in [2.05, 4.69) is 24.3 Å². The first-order valence-corrected chi connectivity index (χ1v) is 11.9. The van der Waals surface area contributed by atoms with Crippen molar-refractivity contribution >= 4 is 5.71 Å². The van der Waals surface area contributed by atoms with E-state index in [0.29, 0.717) is 25.0 Å². The number of halogens is 2. The van der Waals surface area contributed by atoms with Crippen LogP contribution in [0.25, 0.3) is 0 Å². The van der Waals surface area contributed by atoms with Gasteiger partial charge < -0.3 is 25.5 Å². The number of hydrogen-bond acceptors (Lipinski definition) is 6. The topological polar surface area (TPSA) is 94.3 Å². The molecule has 4 rings (SSSR count). The number of aliphatic hydroxyl groups excluding tert-OH is 2. The molecule has 0 saturated heterocycles. The third-order valence-corrected chi connectivity index (χ3v) is 9.60. The molecule has 2 unspecified atom stereocenters. The fraction of sp³-hybridized carbons (Fsp3) is 0.875. The van der Waals surface area contributed by atoms with Crippen molar-refractivity contribution in [2.75, 3.05) is 13.7 Å². The smallest absolute Gasteiger partial charge is 0.250 e. The van der Waals surface area contributed by atoms with Crippen LogP contribution in [-0.4, -0.2) is 65.0 Å². The van der Waals surface area contributed by atoms with Crippen LogP contribution in [-0.2, 0) is 4.84 Å². The number of hydrogen-bond donors (Lipinski definition) is 4. The molecule has 3 fully saturated rings. The second-order valence-electron chi connectivity index (χ2n) is 11.0. The SMILES string of the molecule is CO/N=C1\C=C2C(CC[C@]3(C)[C@@H](C(C)NCC(F)F)CC[C@@]23O)[C@@]2(C)C[C@H](O)[C@H](O)C[C@@H]12. The number of nitrogens with one attached hydrogen (secondary N) is 1. The lowest BCUT2D eigenvalue weighted by atomic mass is 9.46. The van der Waals surface area contributed by atoms with E-state index in [4.69, 9.17) is 4.84 Å². The molecule has 0 aromatic heterocycles. The van der Waals surface area contributed by atoms with Crippen molar-refractivity contribution in [1.82, 2.24) is 5.32 Å². The second kappa shape index (κ2) is 8.29. The van der Waals surface area contributed by atoms with Crippen LogP contribution >= 0.6 is 0 Å². The Morgan fingerprint density at radius 2 is 1.91 bits per heavy atom. The van der Waals surface area contributed by atoms with Crippen LogP contribution in [0.1, 0.15) is 59.3 Å². The van der Waals surface area contributed by atoms with E-state index in [-0.39, 0.29) is 35.8 Å². The summed E-state index contributed by atoms with van der Waals surface area (Å²) in [6.07, 6.45) is 1.77. The molecule has 0 bridgehead atoms. The van der Waals surface area contributed by atoms with Crippen molar-refractivity contribution in [3.05, 3.63) is 11.6 Å². The van der Waals surface area contributed by atoms with Crippen molar-refractivity contribution in [1.29, 1.82) is 0 Å². The highest BCUT2D eigenvalue weighted by molar-refractivity contribution is 5.99. The molecule has 9 atom stereocenters. The van der Waals surface area contributed by atoms with Crippen molar-refractivity contribution in [2.45, 2.75) is 89.6 Å². The minimum atomic E-state index is -2.40. The van der Waals surface area contributed by atoms with Gasteiger partial charge in [0.15, 0.2) is 0 Å². The molecule has 4 N–H and O–H groups in total. The summed E-state index contributed by atoms with van der Waals surface area (Å²) in [5, 5.41) is 40.4. The van der Waals surface area contributed by atoms with Crippen LogP contribution in [0.2, 0.25) is 0 Å². The van der Waals surface area contributed by atoms with Crippen LogP contribution in [0, 0.1) is 28.6 Å². The van der Waals surface area contributed by atoms with Gasteiger partial charge in [0, 0.05) is 17.4 Å². The van der Waals surface area contributed by atoms with Crippen LogP contribution < -0.4 is 5.32 Å². The monoisotopic (exact) mass is 456 g/mol. The van der Waals surface area contributed by atoms with Crippen LogP contribution in [0.15, 0.2) is 16.8 Å². The minimum Gasteiger partial charge on any atom is -0.399 e. The summed E-state index contributed by atoms with van der Waals surface area (Å²) in [7, 11) is 1.49. The summed E-state index contributed by atoms with van der Waals surface area (Å²) in [4.78, 5) is 5.14. The lowest BCUT2D eigenvalue weighted by Crippen LogP contribution is -2.61. The lowest BCUT2D eigenvalue weighted by Gasteiger charge is -2.60. The molecule has 0 aliphatic heterocycles. The van der Waals surface area contributed by atoms with Crippen molar-refractivity contribution in [3.8, 4) is 0 Å². The normalized spacial score (nSPS) is 48.1. The quantitative estimate of drug-likeness (QED) is 0.478. The summed E-state index contributed by atoms with van der Waals surface area (Å²) in [5.41, 5.74) is -0.220. The first-order valence-electron chi connectivity index (χ1n) is 11.9. The predicted molar refractivity (Wildman–Crippen MR) is 117 cm³/mol. The Labute approximate surface area is 189 Å². The number of alkyl halides is 2. The maximum Gasteiger partial charge on any atom is 0.250 e. The van der Waals surface area contributed by atoms with Gasteiger partial charge in [-0.1, -0.05) is 19.0 Å². The highest BCUT2D eigenvalue weighted by Gasteiger charge is 2.66. The van der Waals surface area contributed by atoms with E-state index >= 15 is 0 Å². The maximum absolute atomic E-state index is 12.8. The number of oxime groups is 1. The molecule has 0 amide bonds. The van der Waals surface area contributed by atoms with Crippen molar-refractivity contribution in [3.63, 3.8) is 0 Å². The first kappa shape index (κ1) is 24.0. The predicted octanol–water partition coefficient (Wildman–Crippen LogP) is 2.87. The van der Waals surface area contributed by atoms with Crippen LogP contribution in [0.5, 0.6) is 0 Å². The standard InChI is InChI=1S/C24H38F2N2O4/c1-13(27-12-21(25)26)14-6-8-24(31)16-9-18(28-32-4)17-10-19(29)20(30)11-22(17,2)15(16)5-7-23(14,24)3/h9,13-15,17,19-21,27,29-31H,5-8,10-12H2,1-4H3/b28-18+/t13?,14-,15?,17+,19-,20+,22-,23-,24-/m1/s1. The van der Waals surface area contributed by atoms with Gasteiger partial charge in [0.25, 0.3) is 6.43 Å². The maximum atomic E-state index is 12.8. The molecule has 0 heterocycles. The molecule has 0 radical (unpaired) electrons. The Kier molecular flexibility index (Phi) is 6.23. The second-order valence-corrected chi connectivity index (χ2v) is 11.0. The third kappa shape index (κ3) is 3.44. The van der Waals surface area contributed by atoms with Crippen molar-refractivity contribution in [2.24, 2.45) is 33.7 Å². The summed E-state index contributed by atoms with van der Waals surface area (Å²) in [6.45, 7) is 5.84. The summed E-state index contributed by atoms with van der Waals surface area (Å²) in [5.74, 6) is 0.0678. The zero-order valence-electron chi connectivity index (χ0n) is 19.5. The number of allylic oxidation sites excluding steroid dienone is 1. The van der Waals surface area contributed by atoms with Gasteiger partial charge in [-0.05, 0) is 74.3 Å². The molecule has 0 aromatic carbocycles. The number of nitrogens with zero attached hydrogens (tertiary/aromatic N) is 1. The van der Waals surface area contributed by atoms with Crippen molar-refractivity contribution < 1.29 is 28.9 Å². The van der Waals surface area contributed by atoms with Gasteiger partial charge in [0.1, 0.15) is 7.11 Å². The van der Waals surface area contributed by atoms with E-state index in [1.54, 1.807) is 0 Å². The fourth-order valence-electron chi connectivity index (χ4n) is 7.85. The Morgan fingerprint density at radius 3 is 2.56 bits per heavy atom. The summed E-state index contributed by atoms with van der Waals surface area (Å²) in [6, 6.07) is -0.133. The average Bonchev–Trinajstić information content (AvgIpc) is 3.00. The van der Waals surface area contributed by atoms with Crippen LogP contribution in [0.3, 0.4) is 0 Å². The van der Waals surface area contributed by atoms with Gasteiger partial charge in [-0.15, -0.1) is 0 Å². The largest absolute Gasteiger partial charge is 0.399 e. The van der Waals surface area contributed by atoms with E-state index in [9.17, 15) is 24.1 Å². The van der Waals surface area contributed by atoms with Gasteiger partial charge >= 0.3 is 0 Å². The highest BCUT2D eigenvalue weighted by atomic mass is 19.3. The molecule has 3 saturated carbocycles. The number of fused-ring (bicyclic) bond motifs is 5. The average molecular weight is 457 g/mol. The minimum absolute atomic E-state index is 0.0617. The van der Waals surface area contributed by atoms with E-state index in [1.807, 2.05) is 13.0 Å². The highest BCUT2D eigenvalue weighted by Crippen LogP contribution is 2.67. The van der Waals surface area contributed by atoms with E-state index < -0.39 is 29.6 Å². The van der Waals surface area contributed by atoms with Gasteiger partial charge in [0.2, 0.25) is 0 Å². The van der Waals surface area contributed by atoms with Crippen LogP contribution in [0.4, 0.5) is 8.78 Å².